The van der Waals surface area contributed by atoms with Crippen LogP contribution in [0.1, 0.15) is 6.92 Å². The molecule has 0 amide bonds. The standard InChI is InChI=1S/C10H21O5Si/c1-9(2)10(11,15-7-6-12-3)8-16(13-4)14-5/h11H,1,6-8H2,2-5H3. The lowest BCUT2D eigenvalue weighted by Gasteiger charge is -2.30. The van der Waals surface area contributed by atoms with E-state index >= 15 is 0 Å². The molecule has 6 heteroatoms. The summed E-state index contributed by atoms with van der Waals surface area (Å²) in [5, 5.41) is 10.2. The molecule has 0 fully saturated rings. The summed E-state index contributed by atoms with van der Waals surface area (Å²) < 4.78 is 20.5. The Morgan fingerprint density at radius 1 is 1.25 bits per heavy atom. The fraction of sp³-hybridized carbons (Fsp3) is 0.800. The van der Waals surface area contributed by atoms with Crippen molar-refractivity contribution in [1.29, 1.82) is 0 Å². The van der Waals surface area contributed by atoms with Crippen LogP contribution in [0.3, 0.4) is 0 Å². The zero-order valence-corrected chi connectivity index (χ0v) is 11.4. The van der Waals surface area contributed by atoms with Crippen molar-refractivity contribution in [2.75, 3.05) is 34.5 Å². The van der Waals surface area contributed by atoms with E-state index in [-0.39, 0.29) is 6.04 Å². The topological polar surface area (TPSA) is 57.2 Å². The van der Waals surface area contributed by atoms with Gasteiger partial charge in [-0.15, -0.1) is 0 Å². The third-order valence-corrected chi connectivity index (χ3v) is 3.81. The predicted molar refractivity (Wildman–Crippen MR) is 62.2 cm³/mol. The van der Waals surface area contributed by atoms with Gasteiger partial charge < -0.3 is 23.4 Å². The number of rotatable bonds is 9. The first-order valence-electron chi connectivity index (χ1n) is 4.95. The van der Waals surface area contributed by atoms with Crippen molar-refractivity contribution < 1.29 is 23.4 Å². The molecule has 95 valence electrons. The average molecular weight is 249 g/mol. The first kappa shape index (κ1) is 15.8. The van der Waals surface area contributed by atoms with Crippen molar-refractivity contribution in [3.8, 4) is 0 Å². The van der Waals surface area contributed by atoms with Gasteiger partial charge in [0, 0.05) is 21.3 Å². The van der Waals surface area contributed by atoms with Crippen LogP contribution in [0, 0.1) is 0 Å². The summed E-state index contributed by atoms with van der Waals surface area (Å²) in [6.45, 7) is 6.13. The highest BCUT2D eigenvalue weighted by atomic mass is 28.3. The first-order valence-corrected chi connectivity index (χ1v) is 6.47. The van der Waals surface area contributed by atoms with Crippen LogP contribution in [-0.4, -0.2) is 54.7 Å². The highest BCUT2D eigenvalue weighted by molar-refractivity contribution is 6.44. The normalized spacial score (nSPS) is 15.1. The lowest BCUT2D eigenvalue weighted by molar-refractivity contribution is -0.170. The summed E-state index contributed by atoms with van der Waals surface area (Å²) in [5.74, 6) is -1.40. The maximum absolute atomic E-state index is 10.2. The zero-order valence-electron chi connectivity index (χ0n) is 10.4. The maximum atomic E-state index is 10.2. The molecule has 0 aliphatic carbocycles. The molecule has 16 heavy (non-hydrogen) atoms. The SMILES string of the molecule is C=C(C)C(O)(C[Si](OC)OC)OCCOC. The van der Waals surface area contributed by atoms with Crippen LogP contribution in [-0.2, 0) is 18.3 Å². The second-order valence-electron chi connectivity index (χ2n) is 3.36. The molecule has 0 aliphatic heterocycles. The zero-order chi connectivity index (χ0) is 12.6. The fourth-order valence-corrected chi connectivity index (χ4v) is 2.29. The molecule has 0 saturated heterocycles. The molecule has 0 heterocycles. The van der Waals surface area contributed by atoms with Crippen molar-refractivity contribution in [2.24, 2.45) is 0 Å². The Kier molecular flexibility index (Phi) is 7.82. The van der Waals surface area contributed by atoms with Gasteiger partial charge in [-0.3, -0.25) is 0 Å². The highest BCUT2D eigenvalue weighted by Crippen LogP contribution is 2.24. The van der Waals surface area contributed by atoms with Crippen LogP contribution in [0.4, 0.5) is 0 Å². The molecule has 0 rings (SSSR count). The molecule has 0 saturated carbocycles. The number of aliphatic hydroxyl groups is 1. The number of ether oxygens (including phenoxy) is 2. The summed E-state index contributed by atoms with van der Waals surface area (Å²) in [4.78, 5) is 0. The van der Waals surface area contributed by atoms with Crippen LogP contribution in [0.5, 0.6) is 0 Å². The van der Waals surface area contributed by atoms with E-state index in [0.717, 1.165) is 0 Å². The summed E-state index contributed by atoms with van der Waals surface area (Å²) in [7, 11) is 3.13. The first-order chi connectivity index (χ1) is 7.50. The smallest absolute Gasteiger partial charge is 0.390 e. The second-order valence-corrected chi connectivity index (χ2v) is 5.28. The van der Waals surface area contributed by atoms with E-state index in [1.807, 2.05) is 0 Å². The lowest BCUT2D eigenvalue weighted by Crippen LogP contribution is -2.40. The van der Waals surface area contributed by atoms with Crippen LogP contribution in [0.25, 0.3) is 0 Å². The molecule has 1 radical (unpaired) electrons. The maximum Gasteiger partial charge on any atom is 0.390 e. The Morgan fingerprint density at radius 2 is 1.81 bits per heavy atom. The molecular formula is C10H21O5Si. The van der Waals surface area contributed by atoms with Gasteiger partial charge in [0.2, 0.25) is 0 Å². The number of hydrogen-bond acceptors (Lipinski definition) is 5. The largest absolute Gasteiger partial charge is 0.397 e. The van der Waals surface area contributed by atoms with E-state index in [1.54, 1.807) is 28.3 Å². The van der Waals surface area contributed by atoms with Gasteiger partial charge in [-0.1, -0.05) is 6.58 Å². The lowest BCUT2D eigenvalue weighted by atomic mass is 10.1. The van der Waals surface area contributed by atoms with E-state index in [0.29, 0.717) is 18.8 Å². The van der Waals surface area contributed by atoms with Crippen molar-refractivity contribution in [3.63, 3.8) is 0 Å². The minimum absolute atomic E-state index is 0.268. The Balaban J connectivity index is 4.37. The van der Waals surface area contributed by atoms with Gasteiger partial charge in [0.25, 0.3) is 0 Å². The quantitative estimate of drug-likeness (QED) is 0.282. The van der Waals surface area contributed by atoms with E-state index in [9.17, 15) is 5.11 Å². The van der Waals surface area contributed by atoms with Crippen LogP contribution in [0.2, 0.25) is 6.04 Å². The third kappa shape index (κ3) is 5.20. The molecule has 1 atom stereocenters. The summed E-state index contributed by atoms with van der Waals surface area (Å²) in [5.41, 5.74) is 0.528. The Labute approximate surface area is 98.8 Å². The van der Waals surface area contributed by atoms with Gasteiger partial charge in [0.05, 0.1) is 19.3 Å². The fourth-order valence-electron chi connectivity index (χ4n) is 1.04. The summed E-state index contributed by atoms with van der Waals surface area (Å²) >= 11 is 0. The van der Waals surface area contributed by atoms with Crippen LogP contribution < -0.4 is 0 Å². The molecule has 0 aromatic carbocycles. The highest BCUT2D eigenvalue weighted by Gasteiger charge is 2.35. The Morgan fingerprint density at radius 3 is 2.19 bits per heavy atom. The molecule has 5 nitrogen and oxygen atoms in total. The van der Waals surface area contributed by atoms with Crippen LogP contribution in [0.15, 0.2) is 12.2 Å². The van der Waals surface area contributed by atoms with Gasteiger partial charge in [-0.2, -0.15) is 0 Å². The van der Waals surface area contributed by atoms with E-state index in [4.69, 9.17) is 18.3 Å². The molecule has 0 aromatic heterocycles. The van der Waals surface area contributed by atoms with Gasteiger partial charge >= 0.3 is 9.28 Å². The molecule has 1 unspecified atom stereocenters. The number of hydrogen-bond donors (Lipinski definition) is 1. The Bertz CT molecular complexity index is 207. The van der Waals surface area contributed by atoms with Crippen molar-refractivity contribution >= 4 is 9.28 Å². The monoisotopic (exact) mass is 249 g/mol. The van der Waals surface area contributed by atoms with E-state index in [2.05, 4.69) is 6.58 Å². The van der Waals surface area contributed by atoms with Crippen molar-refractivity contribution in [1.82, 2.24) is 0 Å². The minimum atomic E-state index is -1.54. The molecule has 0 aliphatic rings. The molecule has 1 N–H and O–H groups in total. The molecular weight excluding hydrogens is 228 g/mol. The molecule has 0 bridgehead atoms. The summed E-state index contributed by atoms with van der Waals surface area (Å²) in [6.07, 6.45) is 0. The number of methoxy groups -OCH3 is 1. The second kappa shape index (κ2) is 7.94. The minimum Gasteiger partial charge on any atom is -0.397 e. The average Bonchev–Trinajstić information content (AvgIpc) is 2.26. The summed E-state index contributed by atoms with van der Waals surface area (Å²) in [6, 6.07) is 0.268. The predicted octanol–water partition coefficient (Wildman–Crippen LogP) is 0.695. The van der Waals surface area contributed by atoms with Gasteiger partial charge in [0.1, 0.15) is 0 Å². The molecule has 0 aromatic rings. The third-order valence-electron chi connectivity index (χ3n) is 2.13. The van der Waals surface area contributed by atoms with E-state index in [1.165, 1.54) is 0 Å². The van der Waals surface area contributed by atoms with Crippen molar-refractivity contribution in [3.05, 3.63) is 12.2 Å². The molecule has 0 spiro atoms. The Hall–Kier alpha value is -0.243. The van der Waals surface area contributed by atoms with Crippen molar-refractivity contribution in [2.45, 2.75) is 18.8 Å². The van der Waals surface area contributed by atoms with Gasteiger partial charge in [-0.05, 0) is 12.5 Å². The van der Waals surface area contributed by atoms with E-state index < -0.39 is 15.1 Å². The van der Waals surface area contributed by atoms with Crippen LogP contribution >= 0.6 is 0 Å². The van der Waals surface area contributed by atoms with Gasteiger partial charge in [-0.25, -0.2) is 0 Å². The van der Waals surface area contributed by atoms with Gasteiger partial charge in [0.15, 0.2) is 5.79 Å².